The number of benzene rings is 1. The van der Waals surface area contributed by atoms with Gasteiger partial charge in [0.15, 0.2) is 0 Å². The van der Waals surface area contributed by atoms with Gasteiger partial charge in [-0.3, -0.25) is 4.90 Å². The summed E-state index contributed by atoms with van der Waals surface area (Å²) in [5, 5.41) is 9.57. The molecule has 0 spiro atoms. The normalized spacial score (nSPS) is 28.3. The Morgan fingerprint density at radius 2 is 2.15 bits per heavy atom. The van der Waals surface area contributed by atoms with Gasteiger partial charge in [0.1, 0.15) is 5.75 Å². The third-order valence-electron chi connectivity index (χ3n) is 4.85. The number of aromatic hydroxyl groups is 1. The highest BCUT2D eigenvalue weighted by atomic mass is 79.9. The van der Waals surface area contributed by atoms with Crippen LogP contribution in [0.15, 0.2) is 22.7 Å². The van der Waals surface area contributed by atoms with Crippen molar-refractivity contribution in [3.05, 3.63) is 28.2 Å². The first-order chi connectivity index (χ1) is 9.63. The van der Waals surface area contributed by atoms with Crippen LogP contribution in [0.2, 0.25) is 0 Å². The van der Waals surface area contributed by atoms with Gasteiger partial charge in [-0.25, -0.2) is 0 Å². The van der Waals surface area contributed by atoms with Crippen LogP contribution in [0.3, 0.4) is 0 Å². The number of likely N-dealkylation sites (tertiary alicyclic amines) is 2. The second-order valence-corrected chi connectivity index (χ2v) is 7.11. The Kier molecular flexibility index (Phi) is 4.34. The standard InChI is InChI=1S/C16H23BrN2O/c1-18-7-2-3-13-11-19(8-6-15(13)18)10-12-4-5-16(20)14(17)9-12/h4-5,9,13,15,20H,2-3,6-8,10-11H2,1H3. The molecule has 0 aliphatic carbocycles. The first-order valence-corrected chi connectivity index (χ1v) is 8.33. The van der Waals surface area contributed by atoms with Crippen LogP contribution in [0.25, 0.3) is 0 Å². The van der Waals surface area contributed by atoms with E-state index >= 15 is 0 Å². The molecule has 2 heterocycles. The average molecular weight is 339 g/mol. The van der Waals surface area contributed by atoms with Crippen LogP contribution in [0.4, 0.5) is 0 Å². The highest BCUT2D eigenvalue weighted by Gasteiger charge is 2.33. The van der Waals surface area contributed by atoms with Crippen molar-refractivity contribution >= 4 is 15.9 Å². The molecule has 4 heteroatoms. The minimum Gasteiger partial charge on any atom is -0.507 e. The molecular weight excluding hydrogens is 316 g/mol. The molecule has 2 saturated heterocycles. The first kappa shape index (κ1) is 14.4. The maximum atomic E-state index is 9.57. The van der Waals surface area contributed by atoms with Crippen LogP contribution in [-0.4, -0.2) is 47.6 Å². The lowest BCUT2D eigenvalue weighted by atomic mass is 9.84. The number of nitrogens with zero attached hydrogens (tertiary/aromatic N) is 2. The lowest BCUT2D eigenvalue weighted by Gasteiger charge is -2.46. The smallest absolute Gasteiger partial charge is 0.129 e. The topological polar surface area (TPSA) is 26.7 Å². The molecule has 3 nitrogen and oxygen atoms in total. The van der Waals surface area contributed by atoms with Crippen LogP contribution in [0.1, 0.15) is 24.8 Å². The number of phenolic OH excluding ortho intramolecular Hbond substituents is 1. The zero-order chi connectivity index (χ0) is 14.1. The fourth-order valence-electron chi connectivity index (χ4n) is 3.78. The monoisotopic (exact) mass is 338 g/mol. The van der Waals surface area contributed by atoms with E-state index in [4.69, 9.17) is 0 Å². The molecule has 0 aromatic heterocycles. The number of halogens is 1. The molecule has 3 rings (SSSR count). The number of phenols is 1. The summed E-state index contributed by atoms with van der Waals surface area (Å²) in [6.07, 6.45) is 4.02. The molecule has 1 N–H and O–H groups in total. The number of fused-ring (bicyclic) bond motifs is 1. The number of hydrogen-bond donors (Lipinski definition) is 1. The van der Waals surface area contributed by atoms with Crippen molar-refractivity contribution in [1.82, 2.24) is 9.80 Å². The molecular formula is C16H23BrN2O. The SMILES string of the molecule is CN1CCCC2CN(Cc3ccc(O)c(Br)c3)CCC21. The molecule has 110 valence electrons. The molecule has 0 amide bonds. The second kappa shape index (κ2) is 6.04. The van der Waals surface area contributed by atoms with E-state index < -0.39 is 0 Å². The molecule has 0 saturated carbocycles. The lowest BCUT2D eigenvalue weighted by Crippen LogP contribution is -2.52. The van der Waals surface area contributed by atoms with Gasteiger partial charge in [-0.15, -0.1) is 0 Å². The molecule has 2 fully saturated rings. The van der Waals surface area contributed by atoms with Gasteiger partial charge in [0.2, 0.25) is 0 Å². The Morgan fingerprint density at radius 3 is 2.95 bits per heavy atom. The molecule has 20 heavy (non-hydrogen) atoms. The fourth-order valence-corrected chi connectivity index (χ4v) is 4.20. The van der Waals surface area contributed by atoms with Gasteiger partial charge in [-0.05, 0) is 78.9 Å². The molecule has 1 aromatic carbocycles. The minimum atomic E-state index is 0.321. The minimum absolute atomic E-state index is 0.321. The summed E-state index contributed by atoms with van der Waals surface area (Å²) >= 11 is 3.40. The van der Waals surface area contributed by atoms with E-state index in [0.29, 0.717) is 5.75 Å². The van der Waals surface area contributed by atoms with E-state index in [9.17, 15) is 5.11 Å². The maximum Gasteiger partial charge on any atom is 0.129 e. The summed E-state index contributed by atoms with van der Waals surface area (Å²) in [6.45, 7) is 4.66. The van der Waals surface area contributed by atoms with Crippen molar-refractivity contribution in [3.63, 3.8) is 0 Å². The number of hydrogen-bond acceptors (Lipinski definition) is 3. The van der Waals surface area contributed by atoms with Crippen molar-refractivity contribution in [2.45, 2.75) is 31.8 Å². The Balaban J connectivity index is 1.63. The third-order valence-corrected chi connectivity index (χ3v) is 5.48. The predicted octanol–water partition coefficient (Wildman–Crippen LogP) is 3.07. The van der Waals surface area contributed by atoms with E-state index in [0.717, 1.165) is 23.0 Å². The van der Waals surface area contributed by atoms with E-state index in [1.54, 1.807) is 6.07 Å². The highest BCUT2D eigenvalue weighted by molar-refractivity contribution is 9.10. The van der Waals surface area contributed by atoms with E-state index in [1.165, 1.54) is 44.5 Å². The van der Waals surface area contributed by atoms with Crippen molar-refractivity contribution in [2.24, 2.45) is 5.92 Å². The van der Waals surface area contributed by atoms with Crippen LogP contribution in [0.5, 0.6) is 5.75 Å². The summed E-state index contributed by atoms with van der Waals surface area (Å²) in [6, 6.07) is 6.64. The average Bonchev–Trinajstić information content (AvgIpc) is 2.43. The molecule has 2 atom stereocenters. The van der Waals surface area contributed by atoms with Gasteiger partial charge in [0.25, 0.3) is 0 Å². The summed E-state index contributed by atoms with van der Waals surface area (Å²) in [5.41, 5.74) is 1.28. The summed E-state index contributed by atoms with van der Waals surface area (Å²) in [5.74, 6) is 1.16. The predicted molar refractivity (Wildman–Crippen MR) is 84.8 cm³/mol. The lowest BCUT2D eigenvalue weighted by molar-refractivity contribution is 0.0355. The fraction of sp³-hybridized carbons (Fsp3) is 0.625. The van der Waals surface area contributed by atoms with Crippen LogP contribution < -0.4 is 0 Å². The number of rotatable bonds is 2. The zero-order valence-electron chi connectivity index (χ0n) is 12.1. The zero-order valence-corrected chi connectivity index (χ0v) is 13.6. The molecule has 0 radical (unpaired) electrons. The Labute approximate surface area is 129 Å². The highest BCUT2D eigenvalue weighted by Crippen LogP contribution is 2.31. The molecule has 2 unspecified atom stereocenters. The van der Waals surface area contributed by atoms with Crippen molar-refractivity contribution < 1.29 is 5.11 Å². The van der Waals surface area contributed by atoms with Gasteiger partial charge in [0, 0.05) is 19.1 Å². The number of piperidine rings is 2. The second-order valence-electron chi connectivity index (χ2n) is 6.26. The van der Waals surface area contributed by atoms with Crippen LogP contribution >= 0.6 is 15.9 Å². The summed E-state index contributed by atoms with van der Waals surface area (Å²) < 4.78 is 0.794. The van der Waals surface area contributed by atoms with Crippen LogP contribution in [0, 0.1) is 5.92 Å². The first-order valence-electron chi connectivity index (χ1n) is 7.53. The third kappa shape index (κ3) is 3.02. The Morgan fingerprint density at radius 1 is 1.30 bits per heavy atom. The van der Waals surface area contributed by atoms with Crippen molar-refractivity contribution in [2.75, 3.05) is 26.7 Å². The molecule has 0 bridgehead atoms. The molecule has 2 aliphatic rings. The van der Waals surface area contributed by atoms with Gasteiger partial charge in [-0.1, -0.05) is 6.07 Å². The Bertz CT molecular complexity index is 480. The molecule has 2 aliphatic heterocycles. The van der Waals surface area contributed by atoms with Crippen LogP contribution in [-0.2, 0) is 6.54 Å². The van der Waals surface area contributed by atoms with Gasteiger partial charge in [0.05, 0.1) is 4.47 Å². The van der Waals surface area contributed by atoms with E-state index in [1.807, 2.05) is 12.1 Å². The van der Waals surface area contributed by atoms with Gasteiger partial charge < -0.3 is 10.0 Å². The maximum absolute atomic E-state index is 9.57. The largest absolute Gasteiger partial charge is 0.507 e. The van der Waals surface area contributed by atoms with Gasteiger partial charge >= 0.3 is 0 Å². The van der Waals surface area contributed by atoms with Crippen molar-refractivity contribution in [3.8, 4) is 5.75 Å². The van der Waals surface area contributed by atoms with Crippen molar-refractivity contribution in [1.29, 1.82) is 0 Å². The Hall–Kier alpha value is -0.580. The van der Waals surface area contributed by atoms with E-state index in [-0.39, 0.29) is 0 Å². The summed E-state index contributed by atoms with van der Waals surface area (Å²) in [7, 11) is 2.28. The van der Waals surface area contributed by atoms with E-state index in [2.05, 4.69) is 32.8 Å². The summed E-state index contributed by atoms with van der Waals surface area (Å²) in [4.78, 5) is 5.13. The van der Waals surface area contributed by atoms with Gasteiger partial charge in [-0.2, -0.15) is 0 Å². The quantitative estimate of drug-likeness (QED) is 0.897. The molecule has 1 aromatic rings.